The summed E-state index contributed by atoms with van der Waals surface area (Å²) in [5.41, 5.74) is 8.17. The van der Waals surface area contributed by atoms with Gasteiger partial charge in [-0.25, -0.2) is 0 Å². The van der Waals surface area contributed by atoms with Crippen LogP contribution in [0.25, 0.3) is 10.8 Å². The number of aryl methyl sites for hydroxylation is 1. The average molecular weight is 438 g/mol. The summed E-state index contributed by atoms with van der Waals surface area (Å²) in [5, 5.41) is 2.97. The maximum Gasteiger partial charge on any atom is 0.0554 e. The van der Waals surface area contributed by atoms with E-state index in [1.165, 1.54) is 106 Å². The predicted molar refractivity (Wildman–Crippen MR) is 141 cm³/mol. The summed E-state index contributed by atoms with van der Waals surface area (Å²) in [7, 11) is 0. The van der Waals surface area contributed by atoms with Gasteiger partial charge >= 0.3 is 0 Å². The highest BCUT2D eigenvalue weighted by Crippen LogP contribution is 2.52. The number of hydrogen-bond donors (Lipinski definition) is 0. The van der Waals surface area contributed by atoms with Crippen molar-refractivity contribution >= 4 is 16.5 Å². The molecule has 1 nitrogen and oxygen atoms in total. The molecule has 1 heteroatoms. The maximum atomic E-state index is 2.83. The zero-order chi connectivity index (χ0) is 22.0. The van der Waals surface area contributed by atoms with Crippen LogP contribution >= 0.6 is 0 Å². The van der Waals surface area contributed by atoms with Crippen molar-refractivity contribution in [3.8, 4) is 0 Å². The van der Waals surface area contributed by atoms with E-state index in [9.17, 15) is 0 Å². The van der Waals surface area contributed by atoms with Gasteiger partial charge in [0.15, 0.2) is 0 Å². The van der Waals surface area contributed by atoms with Gasteiger partial charge in [0.2, 0.25) is 0 Å². The molecule has 0 N–H and O–H groups in total. The molecule has 0 radical (unpaired) electrons. The highest BCUT2D eigenvalue weighted by molar-refractivity contribution is 5.89. The molecule has 1 aliphatic carbocycles. The second-order valence-corrected chi connectivity index (χ2v) is 10.8. The molecular weight excluding hydrogens is 398 g/mol. The molecule has 172 valence electrons. The molecule has 0 spiro atoms. The quantitative estimate of drug-likeness (QED) is 0.339. The van der Waals surface area contributed by atoms with Gasteiger partial charge in [-0.15, -0.1) is 0 Å². The first-order valence-corrected chi connectivity index (χ1v) is 13.8. The topological polar surface area (TPSA) is 3.24 Å². The van der Waals surface area contributed by atoms with E-state index in [0.29, 0.717) is 12.0 Å². The van der Waals surface area contributed by atoms with Crippen LogP contribution in [-0.2, 0) is 12.8 Å². The summed E-state index contributed by atoms with van der Waals surface area (Å²) >= 11 is 0. The van der Waals surface area contributed by atoms with Gasteiger partial charge < -0.3 is 4.90 Å². The highest BCUT2D eigenvalue weighted by Gasteiger charge is 2.39. The fourth-order valence-corrected chi connectivity index (χ4v) is 7.13. The first kappa shape index (κ1) is 21.3. The second-order valence-electron chi connectivity index (χ2n) is 10.8. The largest absolute Gasteiger partial charge is 0.364 e. The van der Waals surface area contributed by atoms with Gasteiger partial charge in [-0.2, -0.15) is 0 Å². The van der Waals surface area contributed by atoms with Crippen LogP contribution in [-0.4, -0.2) is 6.54 Å². The Morgan fingerprint density at radius 1 is 0.697 bits per heavy atom. The molecule has 0 aromatic heterocycles. The van der Waals surface area contributed by atoms with Gasteiger partial charge in [-0.05, 0) is 77.1 Å². The zero-order valence-electron chi connectivity index (χ0n) is 20.2. The number of nitrogens with zero attached hydrogens (tertiary/aromatic N) is 1. The van der Waals surface area contributed by atoms with E-state index in [1.54, 1.807) is 22.3 Å². The standard InChI is InChI=1S/C32H39N/c1-2-4-6-8-14-20-33-30-19-13-12-18-28(30)26-22-29-27-17-11-10-15-24(27)21-25(16-9-7-5-3-1)32(29)31(33)23-26/h10-13,15,17-19,21,26,31H,1-9,14,16,20,22-23H2. The van der Waals surface area contributed by atoms with Crippen LogP contribution in [0.3, 0.4) is 0 Å². The van der Waals surface area contributed by atoms with Gasteiger partial charge in [0.25, 0.3) is 0 Å². The van der Waals surface area contributed by atoms with E-state index >= 15 is 0 Å². The number of fused-ring (bicyclic) bond motifs is 6. The molecular formula is C32H39N. The Hall–Kier alpha value is -2.28. The Balaban J connectivity index is 1.46. The molecule has 0 amide bonds. The molecule has 3 aromatic carbocycles. The first-order valence-electron chi connectivity index (χ1n) is 13.8. The summed E-state index contributed by atoms with van der Waals surface area (Å²) in [6.45, 7) is 1.21. The Bertz CT molecular complexity index is 1110. The lowest BCUT2D eigenvalue weighted by Gasteiger charge is -2.47. The van der Waals surface area contributed by atoms with Crippen molar-refractivity contribution in [3.05, 3.63) is 76.9 Å². The minimum atomic E-state index is 0.557. The fraction of sp³-hybridized carbons (Fsp3) is 0.500. The molecule has 6 rings (SSSR count). The smallest absolute Gasteiger partial charge is 0.0554 e. The summed E-state index contributed by atoms with van der Waals surface area (Å²) in [6, 6.07) is 21.7. The van der Waals surface area contributed by atoms with Crippen LogP contribution in [0.2, 0.25) is 0 Å². The van der Waals surface area contributed by atoms with Gasteiger partial charge in [-0.3, -0.25) is 0 Å². The SMILES string of the molecule is c1ccc2c(c1)C1Cc3c4c(cc5ccccc35)CCCCCCCCCCCCN2C4C1. The third-order valence-corrected chi connectivity index (χ3v) is 8.74. The van der Waals surface area contributed by atoms with Crippen molar-refractivity contribution in [1.29, 1.82) is 0 Å². The molecule has 2 heterocycles. The third-order valence-electron chi connectivity index (χ3n) is 8.74. The van der Waals surface area contributed by atoms with Crippen LogP contribution in [0, 0.1) is 0 Å². The van der Waals surface area contributed by atoms with Crippen molar-refractivity contribution in [1.82, 2.24) is 0 Å². The fourth-order valence-electron chi connectivity index (χ4n) is 7.13. The van der Waals surface area contributed by atoms with Gasteiger partial charge in [-0.1, -0.05) is 99.9 Å². The van der Waals surface area contributed by atoms with Crippen molar-refractivity contribution in [2.45, 2.75) is 95.4 Å². The molecule has 2 bridgehead atoms. The number of benzene rings is 3. The summed E-state index contributed by atoms with van der Waals surface area (Å²) in [6.07, 6.45) is 17.8. The van der Waals surface area contributed by atoms with Crippen LogP contribution in [0.1, 0.15) is 105 Å². The van der Waals surface area contributed by atoms with E-state index in [4.69, 9.17) is 0 Å². The van der Waals surface area contributed by atoms with Crippen molar-refractivity contribution in [3.63, 3.8) is 0 Å². The van der Waals surface area contributed by atoms with E-state index in [0.717, 1.165) is 0 Å². The molecule has 0 saturated carbocycles. The highest BCUT2D eigenvalue weighted by atomic mass is 15.2. The normalized spacial score (nSPS) is 23.8. The Morgan fingerprint density at radius 3 is 2.24 bits per heavy atom. The van der Waals surface area contributed by atoms with E-state index in [2.05, 4.69) is 59.5 Å². The van der Waals surface area contributed by atoms with E-state index in [-0.39, 0.29) is 0 Å². The van der Waals surface area contributed by atoms with E-state index in [1.807, 2.05) is 0 Å². The minimum absolute atomic E-state index is 0.557. The third kappa shape index (κ3) is 4.09. The second kappa shape index (κ2) is 9.53. The minimum Gasteiger partial charge on any atom is -0.364 e. The average Bonchev–Trinajstić information content (AvgIpc) is 2.85. The van der Waals surface area contributed by atoms with Gasteiger partial charge in [0, 0.05) is 12.2 Å². The van der Waals surface area contributed by atoms with Crippen molar-refractivity contribution in [2.24, 2.45) is 0 Å². The molecule has 2 atom stereocenters. The van der Waals surface area contributed by atoms with Crippen LogP contribution < -0.4 is 4.90 Å². The Morgan fingerprint density at radius 2 is 1.39 bits per heavy atom. The number of rotatable bonds is 0. The summed E-state index contributed by atoms with van der Waals surface area (Å²) < 4.78 is 0. The molecule has 2 aliphatic heterocycles. The molecule has 3 aliphatic rings. The van der Waals surface area contributed by atoms with E-state index < -0.39 is 0 Å². The number of para-hydroxylation sites is 1. The zero-order valence-corrected chi connectivity index (χ0v) is 20.2. The first-order chi connectivity index (χ1) is 16.4. The number of anilines is 1. The lowest BCUT2D eigenvalue weighted by molar-refractivity contribution is 0.434. The lowest BCUT2D eigenvalue weighted by atomic mass is 9.70. The Kier molecular flexibility index (Phi) is 6.14. The molecule has 33 heavy (non-hydrogen) atoms. The molecule has 3 aromatic rings. The molecule has 2 unspecified atom stereocenters. The van der Waals surface area contributed by atoms with Crippen molar-refractivity contribution < 1.29 is 0 Å². The van der Waals surface area contributed by atoms with Crippen LogP contribution in [0.5, 0.6) is 0 Å². The predicted octanol–water partition coefficient (Wildman–Crippen LogP) is 8.89. The molecule has 0 saturated heterocycles. The maximum absolute atomic E-state index is 2.83. The van der Waals surface area contributed by atoms with Crippen LogP contribution in [0.15, 0.2) is 54.6 Å². The monoisotopic (exact) mass is 437 g/mol. The van der Waals surface area contributed by atoms with Crippen molar-refractivity contribution in [2.75, 3.05) is 11.4 Å². The lowest BCUT2D eigenvalue weighted by Crippen LogP contribution is -2.39. The number of hydrogen-bond acceptors (Lipinski definition) is 1. The summed E-state index contributed by atoms with van der Waals surface area (Å²) in [5.74, 6) is 0.666. The summed E-state index contributed by atoms with van der Waals surface area (Å²) in [4.78, 5) is 2.83. The van der Waals surface area contributed by atoms with Crippen LogP contribution in [0.4, 0.5) is 5.69 Å². The Labute approximate surface area is 200 Å². The van der Waals surface area contributed by atoms with Gasteiger partial charge in [0.1, 0.15) is 0 Å². The van der Waals surface area contributed by atoms with Gasteiger partial charge in [0.05, 0.1) is 6.04 Å². The molecule has 0 fully saturated rings.